The van der Waals surface area contributed by atoms with Crippen molar-refractivity contribution in [3.05, 3.63) is 41.9 Å². The number of rotatable bonds is 4. The van der Waals surface area contributed by atoms with E-state index in [4.69, 9.17) is 11.6 Å². The zero-order valence-corrected chi connectivity index (χ0v) is 12.4. The second kappa shape index (κ2) is 5.64. The van der Waals surface area contributed by atoms with E-state index >= 15 is 0 Å². The lowest BCUT2D eigenvalue weighted by atomic mass is 10.0. The van der Waals surface area contributed by atoms with Gasteiger partial charge in [-0.2, -0.15) is 0 Å². The van der Waals surface area contributed by atoms with Crippen molar-refractivity contribution in [2.75, 3.05) is 12.4 Å². The monoisotopic (exact) mass is 292 g/mol. The highest BCUT2D eigenvalue weighted by Crippen LogP contribution is 2.28. The number of aromatic nitrogens is 2. The number of amides is 1. The molecule has 0 bridgehead atoms. The third-order valence-electron chi connectivity index (χ3n) is 3.19. The van der Waals surface area contributed by atoms with E-state index in [1.54, 1.807) is 42.5 Å². The Bertz CT molecular complexity index is 608. The molecule has 0 fully saturated rings. The molecule has 0 radical (unpaired) electrons. The van der Waals surface area contributed by atoms with Gasteiger partial charge in [-0.1, -0.05) is 17.7 Å². The molecule has 2 N–H and O–H groups in total. The molecule has 0 spiro atoms. The van der Waals surface area contributed by atoms with Crippen LogP contribution in [0, 0.1) is 0 Å². The Hall–Kier alpha value is -1.85. The fraction of sp³-hybridized carbons (Fsp3) is 0.286. The Morgan fingerprint density at radius 3 is 2.75 bits per heavy atom. The van der Waals surface area contributed by atoms with Crippen LogP contribution in [0.1, 0.15) is 13.8 Å². The van der Waals surface area contributed by atoms with Crippen LogP contribution < -0.4 is 10.6 Å². The van der Waals surface area contributed by atoms with Crippen molar-refractivity contribution >= 4 is 23.2 Å². The second-order valence-electron chi connectivity index (χ2n) is 4.94. The SMILES string of the molecule is CNC(C)(C)C(=O)Nc1cccc(Cl)c1-n1ccnc1. The maximum absolute atomic E-state index is 12.3. The minimum Gasteiger partial charge on any atom is -0.323 e. The Kier molecular flexibility index (Phi) is 4.11. The van der Waals surface area contributed by atoms with Gasteiger partial charge in [0.1, 0.15) is 0 Å². The number of halogens is 1. The van der Waals surface area contributed by atoms with Crippen molar-refractivity contribution in [2.45, 2.75) is 19.4 Å². The predicted molar refractivity (Wildman–Crippen MR) is 80.3 cm³/mol. The molecule has 1 aromatic heterocycles. The molecule has 0 atom stereocenters. The third kappa shape index (κ3) is 2.84. The summed E-state index contributed by atoms with van der Waals surface area (Å²) in [5.74, 6) is -0.136. The summed E-state index contributed by atoms with van der Waals surface area (Å²) in [7, 11) is 1.74. The molecule has 106 valence electrons. The van der Waals surface area contributed by atoms with E-state index in [1.807, 2.05) is 19.9 Å². The first-order chi connectivity index (χ1) is 9.45. The number of benzene rings is 1. The van der Waals surface area contributed by atoms with Gasteiger partial charge in [0.15, 0.2) is 0 Å². The summed E-state index contributed by atoms with van der Waals surface area (Å²) >= 11 is 6.24. The first kappa shape index (κ1) is 14.6. The van der Waals surface area contributed by atoms with Crippen LogP contribution in [0.4, 0.5) is 5.69 Å². The minimum absolute atomic E-state index is 0.136. The lowest BCUT2D eigenvalue weighted by Crippen LogP contribution is -2.48. The van der Waals surface area contributed by atoms with Crippen molar-refractivity contribution in [1.82, 2.24) is 14.9 Å². The Morgan fingerprint density at radius 1 is 1.40 bits per heavy atom. The second-order valence-corrected chi connectivity index (χ2v) is 5.34. The number of nitrogens with one attached hydrogen (secondary N) is 2. The van der Waals surface area contributed by atoms with Gasteiger partial charge in [-0.3, -0.25) is 4.79 Å². The molecule has 2 aromatic rings. The average molecular weight is 293 g/mol. The van der Waals surface area contributed by atoms with Gasteiger partial charge in [0.2, 0.25) is 5.91 Å². The summed E-state index contributed by atoms with van der Waals surface area (Å²) in [5.41, 5.74) is 0.671. The number of hydrogen-bond donors (Lipinski definition) is 2. The zero-order valence-electron chi connectivity index (χ0n) is 11.6. The topological polar surface area (TPSA) is 59.0 Å². The number of likely N-dealkylation sites (N-methyl/N-ethyl adjacent to an activating group) is 1. The van der Waals surface area contributed by atoms with Crippen LogP contribution in [0.5, 0.6) is 0 Å². The first-order valence-corrected chi connectivity index (χ1v) is 6.60. The maximum Gasteiger partial charge on any atom is 0.244 e. The van der Waals surface area contributed by atoms with Crippen LogP contribution in [0.2, 0.25) is 5.02 Å². The van der Waals surface area contributed by atoms with E-state index in [0.29, 0.717) is 16.4 Å². The van der Waals surface area contributed by atoms with Crippen LogP contribution in [-0.4, -0.2) is 28.0 Å². The molecule has 0 aliphatic heterocycles. The number of anilines is 1. The average Bonchev–Trinajstić information content (AvgIpc) is 2.92. The number of para-hydroxylation sites is 1. The highest BCUT2D eigenvalue weighted by molar-refractivity contribution is 6.33. The normalized spacial score (nSPS) is 11.4. The molecular weight excluding hydrogens is 276 g/mol. The molecule has 6 heteroatoms. The van der Waals surface area contributed by atoms with Gasteiger partial charge < -0.3 is 15.2 Å². The fourth-order valence-corrected chi connectivity index (χ4v) is 1.93. The first-order valence-electron chi connectivity index (χ1n) is 6.23. The Balaban J connectivity index is 2.39. The van der Waals surface area contributed by atoms with Crippen LogP contribution in [0.15, 0.2) is 36.9 Å². The Morgan fingerprint density at radius 2 is 2.15 bits per heavy atom. The summed E-state index contributed by atoms with van der Waals surface area (Å²) < 4.78 is 1.77. The van der Waals surface area contributed by atoms with Gasteiger partial charge in [0.25, 0.3) is 0 Å². The van der Waals surface area contributed by atoms with E-state index in [0.717, 1.165) is 0 Å². The molecule has 0 unspecified atom stereocenters. The molecular formula is C14H17ClN4O. The van der Waals surface area contributed by atoms with E-state index in [2.05, 4.69) is 15.6 Å². The van der Waals surface area contributed by atoms with E-state index in [-0.39, 0.29) is 5.91 Å². The van der Waals surface area contributed by atoms with E-state index in [1.165, 1.54) is 0 Å². The predicted octanol–water partition coefficient (Wildman–Crippen LogP) is 2.46. The molecule has 1 aromatic carbocycles. The molecule has 0 aliphatic carbocycles. The lowest BCUT2D eigenvalue weighted by molar-refractivity contribution is -0.121. The number of carbonyl (C=O) groups excluding carboxylic acids is 1. The number of hydrogen-bond acceptors (Lipinski definition) is 3. The highest BCUT2D eigenvalue weighted by atomic mass is 35.5. The molecule has 1 amide bonds. The zero-order chi connectivity index (χ0) is 14.8. The van der Waals surface area contributed by atoms with Gasteiger partial charge in [0.05, 0.1) is 28.3 Å². The number of imidazole rings is 1. The van der Waals surface area contributed by atoms with Crippen molar-refractivity contribution < 1.29 is 4.79 Å². The molecule has 20 heavy (non-hydrogen) atoms. The number of nitrogens with zero attached hydrogens (tertiary/aromatic N) is 2. The summed E-state index contributed by atoms with van der Waals surface area (Å²) in [6.07, 6.45) is 5.08. The van der Waals surface area contributed by atoms with Gasteiger partial charge in [-0.15, -0.1) is 0 Å². The molecule has 5 nitrogen and oxygen atoms in total. The molecule has 1 heterocycles. The molecule has 0 saturated heterocycles. The van der Waals surface area contributed by atoms with E-state index in [9.17, 15) is 4.79 Å². The third-order valence-corrected chi connectivity index (χ3v) is 3.50. The summed E-state index contributed by atoms with van der Waals surface area (Å²) in [6.45, 7) is 3.62. The standard InChI is InChI=1S/C14H17ClN4O/c1-14(2,16-3)13(20)18-11-6-4-5-10(15)12(11)19-8-7-17-9-19/h4-9,16H,1-3H3,(H,18,20). The minimum atomic E-state index is -0.672. The van der Waals surface area contributed by atoms with Crippen molar-refractivity contribution in [3.8, 4) is 5.69 Å². The van der Waals surface area contributed by atoms with Gasteiger partial charge in [-0.05, 0) is 33.0 Å². The Labute approximate surface area is 123 Å². The van der Waals surface area contributed by atoms with Crippen LogP contribution in [-0.2, 0) is 4.79 Å². The van der Waals surface area contributed by atoms with E-state index < -0.39 is 5.54 Å². The van der Waals surface area contributed by atoms with Crippen molar-refractivity contribution in [3.63, 3.8) is 0 Å². The van der Waals surface area contributed by atoms with Gasteiger partial charge in [-0.25, -0.2) is 4.98 Å². The maximum atomic E-state index is 12.3. The van der Waals surface area contributed by atoms with Gasteiger partial charge in [0, 0.05) is 12.4 Å². The smallest absolute Gasteiger partial charge is 0.244 e. The largest absolute Gasteiger partial charge is 0.323 e. The molecule has 0 aliphatic rings. The summed E-state index contributed by atoms with van der Waals surface area (Å²) in [6, 6.07) is 5.38. The van der Waals surface area contributed by atoms with Crippen LogP contribution in [0.3, 0.4) is 0 Å². The van der Waals surface area contributed by atoms with Crippen LogP contribution >= 0.6 is 11.6 Å². The molecule has 0 saturated carbocycles. The highest BCUT2D eigenvalue weighted by Gasteiger charge is 2.26. The summed E-state index contributed by atoms with van der Waals surface area (Å²) in [5, 5.41) is 6.41. The van der Waals surface area contributed by atoms with Gasteiger partial charge >= 0.3 is 0 Å². The lowest BCUT2D eigenvalue weighted by Gasteiger charge is -2.24. The van der Waals surface area contributed by atoms with Crippen molar-refractivity contribution in [1.29, 1.82) is 0 Å². The fourth-order valence-electron chi connectivity index (χ4n) is 1.66. The summed E-state index contributed by atoms with van der Waals surface area (Å²) in [4.78, 5) is 16.3. The van der Waals surface area contributed by atoms with Crippen LogP contribution in [0.25, 0.3) is 5.69 Å². The quantitative estimate of drug-likeness (QED) is 0.910. The number of carbonyl (C=O) groups is 1. The molecule has 2 rings (SSSR count). The van der Waals surface area contributed by atoms with Crippen molar-refractivity contribution in [2.24, 2.45) is 0 Å².